The SMILES string of the molecule is CCC(NC(=O)N1C(C)SCC1C(=O)O)C(C)C. The van der Waals surface area contributed by atoms with E-state index in [-0.39, 0.29) is 17.4 Å². The van der Waals surface area contributed by atoms with E-state index in [1.54, 1.807) is 0 Å². The molecule has 1 heterocycles. The molecule has 0 radical (unpaired) electrons. The fourth-order valence-electron chi connectivity index (χ4n) is 2.11. The molecule has 0 aromatic rings. The van der Waals surface area contributed by atoms with Gasteiger partial charge in [-0.15, -0.1) is 11.8 Å². The van der Waals surface area contributed by atoms with Crippen LogP contribution in [0, 0.1) is 5.92 Å². The molecule has 104 valence electrons. The molecule has 0 saturated carbocycles. The summed E-state index contributed by atoms with van der Waals surface area (Å²) in [5, 5.41) is 12.0. The van der Waals surface area contributed by atoms with Crippen LogP contribution < -0.4 is 5.32 Å². The van der Waals surface area contributed by atoms with Gasteiger partial charge < -0.3 is 10.4 Å². The van der Waals surface area contributed by atoms with Gasteiger partial charge in [0.15, 0.2) is 0 Å². The number of rotatable bonds is 4. The summed E-state index contributed by atoms with van der Waals surface area (Å²) in [5.41, 5.74) is 0. The minimum atomic E-state index is -0.931. The summed E-state index contributed by atoms with van der Waals surface area (Å²) in [6.45, 7) is 7.97. The van der Waals surface area contributed by atoms with Gasteiger partial charge in [-0.25, -0.2) is 9.59 Å². The molecule has 0 aromatic carbocycles. The quantitative estimate of drug-likeness (QED) is 0.822. The normalized spacial score (nSPS) is 25.3. The predicted molar refractivity (Wildman–Crippen MR) is 72.6 cm³/mol. The fourth-order valence-corrected chi connectivity index (χ4v) is 3.28. The molecule has 3 unspecified atom stereocenters. The number of carbonyl (C=O) groups is 2. The molecule has 1 fully saturated rings. The van der Waals surface area contributed by atoms with Gasteiger partial charge in [0.2, 0.25) is 0 Å². The van der Waals surface area contributed by atoms with Gasteiger partial charge in [-0.3, -0.25) is 4.90 Å². The van der Waals surface area contributed by atoms with Gasteiger partial charge in [0.25, 0.3) is 0 Å². The highest BCUT2D eigenvalue weighted by Crippen LogP contribution is 2.28. The van der Waals surface area contributed by atoms with E-state index in [4.69, 9.17) is 5.11 Å². The summed E-state index contributed by atoms with van der Waals surface area (Å²) in [6.07, 6.45) is 0.844. The Balaban J connectivity index is 2.72. The Hall–Kier alpha value is -0.910. The van der Waals surface area contributed by atoms with E-state index in [2.05, 4.69) is 5.32 Å². The Kier molecular flexibility index (Phi) is 5.31. The topological polar surface area (TPSA) is 69.6 Å². The lowest BCUT2D eigenvalue weighted by Gasteiger charge is -2.29. The van der Waals surface area contributed by atoms with Gasteiger partial charge in [0.1, 0.15) is 6.04 Å². The third kappa shape index (κ3) is 3.31. The van der Waals surface area contributed by atoms with E-state index in [1.807, 2.05) is 27.7 Å². The number of carboxylic acids is 1. The summed E-state index contributed by atoms with van der Waals surface area (Å²) in [4.78, 5) is 24.7. The molecule has 1 rings (SSSR count). The number of carbonyl (C=O) groups excluding carboxylic acids is 1. The number of nitrogens with one attached hydrogen (secondary N) is 1. The first kappa shape index (κ1) is 15.1. The number of hydrogen-bond acceptors (Lipinski definition) is 3. The largest absolute Gasteiger partial charge is 0.480 e. The van der Waals surface area contributed by atoms with E-state index < -0.39 is 12.0 Å². The summed E-state index contributed by atoms with van der Waals surface area (Å²) >= 11 is 1.50. The fraction of sp³-hybridized carbons (Fsp3) is 0.833. The van der Waals surface area contributed by atoms with Crippen LogP contribution in [-0.4, -0.2) is 45.2 Å². The number of carboxylic acid groups (broad SMARTS) is 1. The number of aliphatic carboxylic acids is 1. The average Bonchev–Trinajstić information content (AvgIpc) is 2.67. The molecule has 2 N–H and O–H groups in total. The van der Waals surface area contributed by atoms with Crippen molar-refractivity contribution in [3.05, 3.63) is 0 Å². The van der Waals surface area contributed by atoms with E-state index in [1.165, 1.54) is 16.7 Å². The zero-order valence-corrected chi connectivity index (χ0v) is 12.2. The lowest BCUT2D eigenvalue weighted by Crippen LogP contribution is -2.52. The van der Waals surface area contributed by atoms with Crippen molar-refractivity contribution < 1.29 is 14.7 Å². The second kappa shape index (κ2) is 6.31. The molecular formula is C12H22N2O3S. The lowest BCUT2D eigenvalue weighted by molar-refractivity contribution is -0.141. The maximum absolute atomic E-state index is 12.2. The van der Waals surface area contributed by atoms with Crippen LogP contribution in [0.4, 0.5) is 4.79 Å². The van der Waals surface area contributed by atoms with Crippen LogP contribution >= 0.6 is 11.8 Å². The smallest absolute Gasteiger partial charge is 0.327 e. The van der Waals surface area contributed by atoms with Gasteiger partial charge in [-0.2, -0.15) is 0 Å². The van der Waals surface area contributed by atoms with Crippen molar-refractivity contribution in [2.24, 2.45) is 5.92 Å². The summed E-state index contributed by atoms with van der Waals surface area (Å²) in [6, 6.07) is -0.889. The molecule has 5 nitrogen and oxygen atoms in total. The standard InChI is InChI=1S/C12H22N2O3S/c1-5-9(7(2)3)13-12(17)14-8(4)18-6-10(14)11(15)16/h7-10H,5-6H2,1-4H3,(H,13,17)(H,15,16). The molecule has 2 amide bonds. The van der Waals surface area contributed by atoms with Crippen LogP contribution in [-0.2, 0) is 4.79 Å². The zero-order valence-electron chi connectivity index (χ0n) is 11.3. The molecule has 1 aliphatic heterocycles. The average molecular weight is 274 g/mol. The van der Waals surface area contributed by atoms with Crippen LogP contribution in [0.25, 0.3) is 0 Å². The van der Waals surface area contributed by atoms with E-state index in [0.29, 0.717) is 11.7 Å². The van der Waals surface area contributed by atoms with Crippen molar-refractivity contribution in [2.75, 3.05) is 5.75 Å². The highest BCUT2D eigenvalue weighted by molar-refractivity contribution is 8.00. The van der Waals surface area contributed by atoms with Gasteiger partial charge in [-0.05, 0) is 19.3 Å². The Bertz CT molecular complexity index is 322. The molecule has 0 aromatic heterocycles. The number of nitrogens with zero attached hydrogens (tertiary/aromatic N) is 1. The van der Waals surface area contributed by atoms with Gasteiger partial charge in [0.05, 0.1) is 5.37 Å². The maximum Gasteiger partial charge on any atom is 0.327 e. The van der Waals surface area contributed by atoms with Crippen LogP contribution in [0.1, 0.15) is 34.1 Å². The van der Waals surface area contributed by atoms with Crippen molar-refractivity contribution in [3.8, 4) is 0 Å². The molecule has 18 heavy (non-hydrogen) atoms. The van der Waals surface area contributed by atoms with E-state index in [0.717, 1.165) is 6.42 Å². The summed E-state index contributed by atoms with van der Waals surface area (Å²) < 4.78 is 0. The Labute approximate surface area is 112 Å². The van der Waals surface area contributed by atoms with Crippen molar-refractivity contribution in [1.29, 1.82) is 0 Å². The van der Waals surface area contributed by atoms with Gasteiger partial charge in [0, 0.05) is 11.8 Å². The van der Waals surface area contributed by atoms with Crippen molar-refractivity contribution in [3.63, 3.8) is 0 Å². The van der Waals surface area contributed by atoms with E-state index >= 15 is 0 Å². The van der Waals surface area contributed by atoms with Gasteiger partial charge >= 0.3 is 12.0 Å². The first-order chi connectivity index (χ1) is 8.38. The molecule has 0 spiro atoms. The van der Waals surface area contributed by atoms with Gasteiger partial charge in [-0.1, -0.05) is 20.8 Å². The van der Waals surface area contributed by atoms with Crippen molar-refractivity contribution >= 4 is 23.8 Å². The minimum absolute atomic E-state index is 0.0873. The van der Waals surface area contributed by atoms with Crippen LogP contribution in [0.5, 0.6) is 0 Å². The first-order valence-corrected chi connectivity index (χ1v) is 7.36. The number of amides is 2. The number of hydrogen-bond donors (Lipinski definition) is 2. The highest BCUT2D eigenvalue weighted by Gasteiger charge is 2.40. The Morgan fingerprint density at radius 3 is 2.56 bits per heavy atom. The molecule has 0 bridgehead atoms. The van der Waals surface area contributed by atoms with E-state index in [9.17, 15) is 9.59 Å². The second-order valence-electron chi connectivity index (χ2n) is 4.90. The summed E-state index contributed by atoms with van der Waals surface area (Å²) in [7, 11) is 0. The van der Waals surface area contributed by atoms with Crippen LogP contribution in [0.3, 0.4) is 0 Å². The highest BCUT2D eigenvalue weighted by atomic mass is 32.2. The molecule has 6 heteroatoms. The molecular weight excluding hydrogens is 252 g/mol. The Morgan fingerprint density at radius 1 is 1.50 bits per heavy atom. The Morgan fingerprint density at radius 2 is 2.11 bits per heavy atom. The predicted octanol–water partition coefficient (Wildman–Crippen LogP) is 1.98. The monoisotopic (exact) mass is 274 g/mol. The third-order valence-electron chi connectivity index (χ3n) is 3.30. The lowest BCUT2D eigenvalue weighted by atomic mass is 10.0. The molecule has 1 aliphatic rings. The molecule has 1 saturated heterocycles. The molecule has 0 aliphatic carbocycles. The van der Waals surface area contributed by atoms with Crippen molar-refractivity contribution in [2.45, 2.75) is 51.6 Å². The summed E-state index contributed by atoms with van der Waals surface area (Å²) in [5.74, 6) is -0.130. The number of urea groups is 1. The number of thioether (sulfide) groups is 1. The van der Waals surface area contributed by atoms with Crippen molar-refractivity contribution in [1.82, 2.24) is 10.2 Å². The van der Waals surface area contributed by atoms with Crippen LogP contribution in [0.15, 0.2) is 0 Å². The zero-order chi connectivity index (χ0) is 13.9. The van der Waals surface area contributed by atoms with Crippen LogP contribution in [0.2, 0.25) is 0 Å². The maximum atomic E-state index is 12.2. The second-order valence-corrected chi connectivity index (χ2v) is 6.25. The first-order valence-electron chi connectivity index (χ1n) is 6.31. The third-order valence-corrected chi connectivity index (χ3v) is 4.51. The molecule has 3 atom stereocenters. The minimum Gasteiger partial charge on any atom is -0.480 e.